The van der Waals surface area contributed by atoms with Crippen LogP contribution in [0.5, 0.6) is 0 Å². The number of amides is 2. The molecular formula is C26H29N3O3. The van der Waals surface area contributed by atoms with Crippen molar-refractivity contribution in [1.82, 2.24) is 5.32 Å². The predicted octanol–water partition coefficient (Wildman–Crippen LogP) is 4.50. The number of piperidine rings is 1. The molecule has 0 spiro atoms. The highest BCUT2D eigenvalue weighted by atomic mass is 16.3. The van der Waals surface area contributed by atoms with Gasteiger partial charge in [-0.1, -0.05) is 37.3 Å². The number of carbonyl (C=O) groups excluding carboxylic acids is 2. The van der Waals surface area contributed by atoms with E-state index in [-0.39, 0.29) is 11.7 Å². The molecule has 0 bridgehead atoms. The van der Waals surface area contributed by atoms with Crippen LogP contribution in [0.15, 0.2) is 77.4 Å². The molecule has 1 atom stereocenters. The Morgan fingerprint density at radius 1 is 1.00 bits per heavy atom. The Balaban J connectivity index is 1.43. The number of carbonyl (C=O) groups is 2. The van der Waals surface area contributed by atoms with Crippen molar-refractivity contribution >= 4 is 23.2 Å². The summed E-state index contributed by atoms with van der Waals surface area (Å²) in [6.45, 7) is 4.42. The summed E-state index contributed by atoms with van der Waals surface area (Å²) in [7, 11) is 0. The highest BCUT2D eigenvalue weighted by Crippen LogP contribution is 2.24. The van der Waals surface area contributed by atoms with E-state index in [4.69, 9.17) is 4.42 Å². The molecule has 1 aromatic heterocycles. The molecule has 1 fully saturated rings. The second kappa shape index (κ2) is 10.2. The highest BCUT2D eigenvalue weighted by Gasteiger charge is 2.23. The maximum atomic E-state index is 13.1. The number of hydrogen-bond donors (Lipinski definition) is 2. The molecular weight excluding hydrogens is 402 g/mol. The summed E-state index contributed by atoms with van der Waals surface area (Å²) < 4.78 is 5.17. The predicted molar refractivity (Wildman–Crippen MR) is 126 cm³/mol. The number of anilines is 2. The fourth-order valence-electron chi connectivity index (χ4n) is 3.95. The topological polar surface area (TPSA) is 74.6 Å². The van der Waals surface area contributed by atoms with Crippen LogP contribution in [0, 0.1) is 5.92 Å². The monoisotopic (exact) mass is 431 g/mol. The number of hydrogen-bond acceptors (Lipinski definition) is 4. The lowest BCUT2D eigenvalue weighted by atomic mass is 9.99. The SMILES string of the molecule is CC1CCN(c2ccc(NC(=O)[C@H](Cc3ccccc3)NC(=O)c3ccco3)cc2)CC1. The first-order valence-corrected chi connectivity index (χ1v) is 11.1. The molecule has 0 unspecified atom stereocenters. The minimum atomic E-state index is -0.738. The quantitative estimate of drug-likeness (QED) is 0.578. The third kappa shape index (κ3) is 5.58. The van der Waals surface area contributed by atoms with E-state index in [2.05, 4.69) is 22.5 Å². The van der Waals surface area contributed by atoms with Crippen LogP contribution >= 0.6 is 0 Å². The molecule has 32 heavy (non-hydrogen) atoms. The Morgan fingerprint density at radius 3 is 2.38 bits per heavy atom. The average molecular weight is 432 g/mol. The van der Waals surface area contributed by atoms with Crippen LogP contribution in [0.4, 0.5) is 11.4 Å². The molecule has 1 saturated heterocycles. The zero-order valence-corrected chi connectivity index (χ0v) is 18.3. The van der Waals surface area contributed by atoms with Crippen molar-refractivity contribution < 1.29 is 14.0 Å². The van der Waals surface area contributed by atoms with E-state index in [0.29, 0.717) is 12.1 Å². The van der Waals surface area contributed by atoms with Gasteiger partial charge >= 0.3 is 0 Å². The van der Waals surface area contributed by atoms with Crippen molar-refractivity contribution in [3.63, 3.8) is 0 Å². The first kappa shape index (κ1) is 21.7. The van der Waals surface area contributed by atoms with Gasteiger partial charge in [-0.25, -0.2) is 0 Å². The van der Waals surface area contributed by atoms with Crippen molar-refractivity contribution in [3.05, 3.63) is 84.3 Å². The van der Waals surface area contributed by atoms with E-state index in [1.807, 2.05) is 54.6 Å². The van der Waals surface area contributed by atoms with Crippen LogP contribution in [0.1, 0.15) is 35.9 Å². The number of nitrogens with one attached hydrogen (secondary N) is 2. The molecule has 4 rings (SSSR count). The van der Waals surface area contributed by atoms with E-state index in [1.54, 1.807) is 12.1 Å². The maximum absolute atomic E-state index is 13.1. The minimum Gasteiger partial charge on any atom is -0.459 e. The maximum Gasteiger partial charge on any atom is 0.287 e. The van der Waals surface area contributed by atoms with Gasteiger partial charge in [-0.05, 0) is 60.7 Å². The average Bonchev–Trinajstić information content (AvgIpc) is 3.36. The second-order valence-electron chi connectivity index (χ2n) is 8.40. The van der Waals surface area contributed by atoms with Gasteiger partial charge in [-0.3, -0.25) is 9.59 Å². The largest absolute Gasteiger partial charge is 0.459 e. The van der Waals surface area contributed by atoms with Crippen LogP contribution in [0.25, 0.3) is 0 Å². The normalized spacial score (nSPS) is 15.2. The lowest BCUT2D eigenvalue weighted by Gasteiger charge is -2.32. The minimum absolute atomic E-state index is 0.177. The first-order chi connectivity index (χ1) is 15.6. The molecule has 2 aromatic carbocycles. The number of benzene rings is 2. The van der Waals surface area contributed by atoms with Crippen molar-refractivity contribution in [2.24, 2.45) is 5.92 Å². The Hall–Kier alpha value is -3.54. The zero-order valence-electron chi connectivity index (χ0n) is 18.3. The highest BCUT2D eigenvalue weighted by molar-refractivity contribution is 6.00. The van der Waals surface area contributed by atoms with Gasteiger partial charge in [-0.2, -0.15) is 0 Å². The van der Waals surface area contributed by atoms with Crippen LogP contribution in [0.3, 0.4) is 0 Å². The van der Waals surface area contributed by atoms with E-state index < -0.39 is 11.9 Å². The van der Waals surface area contributed by atoms with Crippen molar-refractivity contribution in [3.8, 4) is 0 Å². The molecule has 6 heteroatoms. The van der Waals surface area contributed by atoms with Gasteiger partial charge in [0.15, 0.2) is 5.76 Å². The van der Waals surface area contributed by atoms with Crippen LogP contribution in [-0.4, -0.2) is 30.9 Å². The third-order valence-electron chi connectivity index (χ3n) is 5.93. The van der Waals surface area contributed by atoms with Gasteiger partial charge in [0.25, 0.3) is 5.91 Å². The fourth-order valence-corrected chi connectivity index (χ4v) is 3.95. The first-order valence-electron chi connectivity index (χ1n) is 11.1. The molecule has 1 aliphatic heterocycles. The molecule has 3 aromatic rings. The van der Waals surface area contributed by atoms with Crippen molar-refractivity contribution in [1.29, 1.82) is 0 Å². The smallest absolute Gasteiger partial charge is 0.287 e. The van der Waals surface area contributed by atoms with Crippen LogP contribution < -0.4 is 15.5 Å². The Bertz CT molecular complexity index is 1010. The van der Waals surface area contributed by atoms with Gasteiger partial charge in [-0.15, -0.1) is 0 Å². The van der Waals surface area contributed by atoms with Crippen molar-refractivity contribution in [2.75, 3.05) is 23.3 Å². The number of furan rings is 1. The standard InChI is InChI=1S/C26H29N3O3/c1-19-13-15-29(16-14-19)22-11-9-21(10-12-22)27-25(30)23(18-20-6-3-2-4-7-20)28-26(31)24-8-5-17-32-24/h2-12,17,19,23H,13-16,18H2,1H3,(H,27,30)(H,28,31)/t23-/m0/s1. The summed E-state index contributed by atoms with van der Waals surface area (Å²) >= 11 is 0. The molecule has 2 amide bonds. The fraction of sp³-hybridized carbons (Fsp3) is 0.308. The van der Waals surface area contributed by atoms with Gasteiger partial charge < -0.3 is 20.0 Å². The summed E-state index contributed by atoms with van der Waals surface area (Å²) in [5.74, 6) is 0.271. The van der Waals surface area contributed by atoms with Gasteiger partial charge in [0.2, 0.25) is 5.91 Å². The zero-order chi connectivity index (χ0) is 22.3. The molecule has 6 nitrogen and oxygen atoms in total. The molecule has 2 N–H and O–H groups in total. The van der Waals surface area contributed by atoms with Gasteiger partial charge in [0, 0.05) is 30.9 Å². The lowest BCUT2D eigenvalue weighted by molar-refractivity contribution is -0.118. The second-order valence-corrected chi connectivity index (χ2v) is 8.40. The molecule has 0 radical (unpaired) electrons. The third-order valence-corrected chi connectivity index (χ3v) is 5.93. The molecule has 0 aliphatic carbocycles. The van der Waals surface area contributed by atoms with E-state index in [1.165, 1.54) is 24.8 Å². The lowest BCUT2D eigenvalue weighted by Crippen LogP contribution is -2.45. The van der Waals surface area contributed by atoms with Gasteiger partial charge in [0.05, 0.1) is 6.26 Å². The Labute approximate surface area is 188 Å². The Morgan fingerprint density at radius 2 is 1.72 bits per heavy atom. The Kier molecular flexibility index (Phi) is 6.90. The molecule has 166 valence electrons. The number of rotatable bonds is 7. The van der Waals surface area contributed by atoms with E-state index in [0.717, 1.165) is 24.6 Å². The summed E-state index contributed by atoms with van der Waals surface area (Å²) in [4.78, 5) is 28.0. The van der Waals surface area contributed by atoms with E-state index in [9.17, 15) is 9.59 Å². The van der Waals surface area contributed by atoms with E-state index >= 15 is 0 Å². The van der Waals surface area contributed by atoms with Crippen LogP contribution in [0.2, 0.25) is 0 Å². The van der Waals surface area contributed by atoms with Gasteiger partial charge in [0.1, 0.15) is 6.04 Å². The van der Waals surface area contributed by atoms with Crippen molar-refractivity contribution in [2.45, 2.75) is 32.2 Å². The summed E-state index contributed by atoms with van der Waals surface area (Å²) in [6.07, 6.45) is 4.22. The number of nitrogens with zero attached hydrogens (tertiary/aromatic N) is 1. The summed E-state index contributed by atoms with van der Waals surface area (Å²) in [5, 5.41) is 5.75. The molecule has 2 heterocycles. The summed E-state index contributed by atoms with van der Waals surface area (Å²) in [6, 6.07) is 20.0. The van der Waals surface area contributed by atoms with Crippen LogP contribution in [-0.2, 0) is 11.2 Å². The molecule has 0 saturated carbocycles. The summed E-state index contributed by atoms with van der Waals surface area (Å²) in [5.41, 5.74) is 2.83. The molecule has 1 aliphatic rings.